The van der Waals surface area contributed by atoms with Crippen LogP contribution in [0.4, 0.5) is 0 Å². The second-order valence-corrected chi connectivity index (χ2v) is 8.23. The molecule has 0 saturated carbocycles. The molecule has 0 N–H and O–H groups in total. The highest BCUT2D eigenvalue weighted by molar-refractivity contribution is 9.10. The van der Waals surface area contributed by atoms with Gasteiger partial charge >= 0.3 is 0 Å². The van der Waals surface area contributed by atoms with Gasteiger partial charge in [-0.1, -0.05) is 82.1 Å². The first kappa shape index (κ1) is 18.2. The van der Waals surface area contributed by atoms with Crippen molar-refractivity contribution in [1.29, 1.82) is 0 Å². The van der Waals surface area contributed by atoms with Crippen LogP contribution in [-0.2, 0) is 0 Å². The molecule has 5 aromatic rings. The van der Waals surface area contributed by atoms with Crippen molar-refractivity contribution < 1.29 is 0 Å². The third kappa shape index (κ3) is 3.59. The van der Waals surface area contributed by atoms with Crippen molar-refractivity contribution in [2.45, 2.75) is 0 Å². The summed E-state index contributed by atoms with van der Waals surface area (Å²) in [5.74, 6) is 0. The molecule has 0 radical (unpaired) electrons. The summed E-state index contributed by atoms with van der Waals surface area (Å²) in [5, 5.41) is 0.724. The molecule has 4 heteroatoms. The van der Waals surface area contributed by atoms with E-state index in [-0.39, 0.29) is 0 Å². The van der Waals surface area contributed by atoms with E-state index in [1.807, 2.05) is 42.5 Å². The van der Waals surface area contributed by atoms with Crippen LogP contribution in [0.15, 0.2) is 102 Å². The van der Waals surface area contributed by atoms with Crippen LogP contribution in [0.2, 0.25) is 5.02 Å². The van der Waals surface area contributed by atoms with Crippen molar-refractivity contribution in [3.05, 3.63) is 107 Å². The molecule has 0 aliphatic rings. The Morgan fingerprint density at radius 1 is 0.690 bits per heavy atom. The Kier molecular flexibility index (Phi) is 4.70. The highest BCUT2D eigenvalue weighted by atomic mass is 79.9. The number of hydrogen-bond acceptors (Lipinski definition) is 1. The van der Waals surface area contributed by atoms with Crippen molar-refractivity contribution in [2.75, 3.05) is 0 Å². The Morgan fingerprint density at radius 3 is 2.10 bits per heavy atom. The molecular weight excluding hydrogens is 444 g/mol. The minimum Gasteiger partial charge on any atom is -0.305 e. The fraction of sp³-hybridized carbons (Fsp3) is 0. The third-order valence-corrected chi connectivity index (χ3v) is 5.73. The van der Waals surface area contributed by atoms with Gasteiger partial charge in [-0.3, -0.25) is 0 Å². The summed E-state index contributed by atoms with van der Waals surface area (Å²) in [4.78, 5) is 4.95. The first-order chi connectivity index (χ1) is 14.2. The average Bonchev–Trinajstić information content (AvgIpc) is 3.19. The van der Waals surface area contributed by atoms with Crippen LogP contribution in [-0.4, -0.2) is 9.38 Å². The molecule has 2 nitrogen and oxygen atoms in total. The van der Waals surface area contributed by atoms with Gasteiger partial charge in [-0.25, -0.2) is 4.98 Å². The summed E-state index contributed by atoms with van der Waals surface area (Å²) in [5.41, 5.74) is 7.42. The van der Waals surface area contributed by atoms with Gasteiger partial charge in [-0.05, 0) is 47.0 Å². The van der Waals surface area contributed by atoms with E-state index in [1.54, 1.807) is 0 Å². The van der Waals surface area contributed by atoms with Gasteiger partial charge in [-0.2, -0.15) is 0 Å². The van der Waals surface area contributed by atoms with Crippen molar-refractivity contribution in [3.63, 3.8) is 0 Å². The fourth-order valence-electron chi connectivity index (χ4n) is 3.49. The summed E-state index contributed by atoms with van der Waals surface area (Å²) >= 11 is 9.64. The van der Waals surface area contributed by atoms with Crippen LogP contribution in [0, 0.1) is 0 Å². The third-order valence-electron chi connectivity index (χ3n) is 4.95. The highest BCUT2D eigenvalue weighted by Gasteiger charge is 2.13. The lowest BCUT2D eigenvalue weighted by Gasteiger charge is -2.09. The van der Waals surface area contributed by atoms with Crippen molar-refractivity contribution in [3.8, 4) is 33.5 Å². The Balaban J connectivity index is 1.75. The maximum atomic E-state index is 6.12. The Morgan fingerprint density at radius 2 is 1.38 bits per heavy atom. The van der Waals surface area contributed by atoms with E-state index in [0.29, 0.717) is 0 Å². The minimum absolute atomic E-state index is 0.724. The average molecular weight is 460 g/mol. The zero-order valence-electron chi connectivity index (χ0n) is 15.4. The van der Waals surface area contributed by atoms with E-state index >= 15 is 0 Å². The second kappa shape index (κ2) is 7.51. The number of pyridine rings is 1. The van der Waals surface area contributed by atoms with E-state index in [2.05, 4.69) is 75.2 Å². The summed E-state index contributed by atoms with van der Waals surface area (Å²) < 4.78 is 3.18. The van der Waals surface area contributed by atoms with E-state index in [9.17, 15) is 0 Å². The Hall–Kier alpha value is -2.88. The van der Waals surface area contributed by atoms with Gasteiger partial charge in [0.1, 0.15) is 5.65 Å². The van der Waals surface area contributed by atoms with Crippen molar-refractivity contribution in [1.82, 2.24) is 9.38 Å². The molecule has 140 valence electrons. The predicted octanol–water partition coefficient (Wildman–Crippen LogP) is 7.75. The molecule has 0 unspecified atom stereocenters. The molecule has 29 heavy (non-hydrogen) atoms. The fourth-order valence-corrected chi connectivity index (χ4v) is 3.88. The first-order valence-corrected chi connectivity index (χ1v) is 10.4. The lowest BCUT2D eigenvalue weighted by molar-refractivity contribution is 1.19. The molecule has 0 spiro atoms. The number of imidazole rings is 1. The molecule has 0 aliphatic heterocycles. The zero-order chi connectivity index (χ0) is 19.8. The molecule has 0 bridgehead atoms. The molecule has 0 atom stereocenters. The lowest BCUT2D eigenvalue weighted by atomic mass is 10.0. The quantitative estimate of drug-likeness (QED) is 0.269. The zero-order valence-corrected chi connectivity index (χ0v) is 17.7. The number of benzene rings is 3. The van der Waals surface area contributed by atoms with Gasteiger partial charge in [0.15, 0.2) is 0 Å². The number of hydrogen-bond donors (Lipinski definition) is 0. The number of rotatable bonds is 3. The molecule has 0 saturated heterocycles. The topological polar surface area (TPSA) is 17.3 Å². The van der Waals surface area contributed by atoms with E-state index in [1.165, 1.54) is 0 Å². The van der Waals surface area contributed by atoms with Crippen LogP contribution < -0.4 is 0 Å². The molecular formula is C25H16BrClN2. The van der Waals surface area contributed by atoms with E-state index in [4.69, 9.17) is 16.6 Å². The number of aromatic nitrogens is 2. The summed E-state index contributed by atoms with van der Waals surface area (Å²) in [6.07, 6.45) is 4.23. The standard InChI is InChI=1S/C25H16BrClN2/c26-21-10-6-17(7-11-21)20-14-23(18-8-12-22(27)13-9-18)25-28-24(16-29(25)15-20)19-4-2-1-3-5-19/h1-16H. The molecule has 3 aromatic carbocycles. The van der Waals surface area contributed by atoms with Gasteiger partial charge in [-0.15, -0.1) is 0 Å². The minimum atomic E-state index is 0.724. The molecule has 0 amide bonds. The molecule has 2 aromatic heterocycles. The normalized spacial score (nSPS) is 11.1. The Labute approximate surface area is 182 Å². The summed E-state index contributed by atoms with van der Waals surface area (Å²) in [6.45, 7) is 0. The molecule has 0 fully saturated rings. The number of halogens is 2. The predicted molar refractivity (Wildman–Crippen MR) is 124 cm³/mol. The summed E-state index contributed by atoms with van der Waals surface area (Å²) in [6, 6.07) is 28.7. The van der Waals surface area contributed by atoms with Crippen LogP contribution in [0.25, 0.3) is 39.2 Å². The smallest absolute Gasteiger partial charge is 0.145 e. The maximum Gasteiger partial charge on any atom is 0.145 e. The lowest BCUT2D eigenvalue weighted by Crippen LogP contribution is -1.91. The van der Waals surface area contributed by atoms with Crippen LogP contribution in [0.5, 0.6) is 0 Å². The van der Waals surface area contributed by atoms with Gasteiger partial charge in [0, 0.05) is 33.0 Å². The van der Waals surface area contributed by atoms with E-state index in [0.717, 1.165) is 48.7 Å². The maximum absolute atomic E-state index is 6.12. The van der Waals surface area contributed by atoms with E-state index < -0.39 is 0 Å². The van der Waals surface area contributed by atoms with Gasteiger partial charge in [0.25, 0.3) is 0 Å². The van der Waals surface area contributed by atoms with Crippen molar-refractivity contribution >= 4 is 33.2 Å². The van der Waals surface area contributed by atoms with Crippen molar-refractivity contribution in [2.24, 2.45) is 0 Å². The molecule has 0 aliphatic carbocycles. The number of nitrogens with zero attached hydrogens (tertiary/aromatic N) is 2. The second-order valence-electron chi connectivity index (χ2n) is 6.88. The van der Waals surface area contributed by atoms with Crippen LogP contribution in [0.1, 0.15) is 0 Å². The monoisotopic (exact) mass is 458 g/mol. The Bertz CT molecular complexity index is 1290. The van der Waals surface area contributed by atoms with Gasteiger partial charge in [0.2, 0.25) is 0 Å². The molecule has 2 heterocycles. The largest absolute Gasteiger partial charge is 0.305 e. The first-order valence-electron chi connectivity index (χ1n) is 9.27. The highest BCUT2D eigenvalue weighted by Crippen LogP contribution is 2.33. The SMILES string of the molecule is Clc1ccc(-c2cc(-c3ccc(Br)cc3)cn3cc(-c4ccccc4)nc23)cc1. The van der Waals surface area contributed by atoms with Gasteiger partial charge in [0.05, 0.1) is 5.69 Å². The van der Waals surface area contributed by atoms with Gasteiger partial charge < -0.3 is 4.40 Å². The van der Waals surface area contributed by atoms with Crippen LogP contribution in [0.3, 0.4) is 0 Å². The van der Waals surface area contributed by atoms with Crippen LogP contribution >= 0.6 is 27.5 Å². The number of fused-ring (bicyclic) bond motifs is 1. The molecule has 5 rings (SSSR count). The summed E-state index contributed by atoms with van der Waals surface area (Å²) in [7, 11) is 0.